The second-order valence-electron chi connectivity index (χ2n) is 11.0. The lowest BCUT2D eigenvalue weighted by Gasteiger charge is -2.43. The Morgan fingerprint density at radius 1 is 1.03 bits per heavy atom. The van der Waals surface area contributed by atoms with Crippen LogP contribution in [0.5, 0.6) is 5.75 Å². The summed E-state index contributed by atoms with van der Waals surface area (Å²) in [6, 6.07) is 11.0. The lowest BCUT2D eigenvalue weighted by Crippen LogP contribution is -2.43. The fourth-order valence-electron chi connectivity index (χ4n) is 5.86. The quantitative estimate of drug-likeness (QED) is 0.419. The molecule has 210 valence electrons. The minimum absolute atomic E-state index is 0.139. The van der Waals surface area contributed by atoms with Gasteiger partial charge in [-0.2, -0.15) is 0 Å². The van der Waals surface area contributed by atoms with Crippen molar-refractivity contribution in [2.24, 2.45) is 11.8 Å². The smallest absolute Gasteiger partial charge is 0.264 e. The second kappa shape index (κ2) is 12.3. The van der Waals surface area contributed by atoms with Crippen LogP contribution in [0.3, 0.4) is 0 Å². The fourth-order valence-corrected chi connectivity index (χ4v) is 7.11. The number of rotatable bonds is 0. The first-order valence-electron chi connectivity index (χ1n) is 14.0. The maximum atomic E-state index is 13.1. The number of anilines is 1. The summed E-state index contributed by atoms with van der Waals surface area (Å²) in [4.78, 5) is 15.3. The van der Waals surface area contributed by atoms with Crippen LogP contribution in [-0.4, -0.2) is 44.4 Å². The van der Waals surface area contributed by atoms with E-state index in [2.05, 4.69) is 9.62 Å². The lowest BCUT2D eigenvalue weighted by molar-refractivity contribution is 0.0180. The van der Waals surface area contributed by atoms with Crippen molar-refractivity contribution in [3.8, 4) is 5.75 Å². The molecule has 1 saturated carbocycles. The summed E-state index contributed by atoms with van der Waals surface area (Å²) in [5.41, 5.74) is 3.31. The van der Waals surface area contributed by atoms with E-state index in [1.807, 2.05) is 30.4 Å². The third-order valence-electron chi connectivity index (χ3n) is 8.24. The predicted octanol–water partition coefficient (Wildman–Crippen LogP) is 5.25. The lowest BCUT2D eigenvalue weighted by atomic mass is 9.69. The van der Waals surface area contributed by atoms with Crippen LogP contribution in [0.25, 0.3) is 0 Å². The van der Waals surface area contributed by atoms with Crippen LogP contribution in [0, 0.1) is 11.8 Å². The molecule has 2 aromatic rings. The van der Waals surface area contributed by atoms with E-state index >= 15 is 0 Å². The molecule has 1 fully saturated rings. The SMILES string of the molecule is O=C1NS(=O)(=O)CCC/C=C\C[C@H](O)[C@@H]2CC[C@H]2CN2CCCCc3cc(Cl)ccc3COc3ccc1cc32. The van der Waals surface area contributed by atoms with Gasteiger partial charge in [0, 0.05) is 23.7 Å². The van der Waals surface area contributed by atoms with Gasteiger partial charge in [0.1, 0.15) is 12.4 Å². The zero-order chi connectivity index (χ0) is 27.4. The maximum absolute atomic E-state index is 13.1. The van der Waals surface area contributed by atoms with Gasteiger partial charge in [0.05, 0.1) is 17.5 Å². The van der Waals surface area contributed by atoms with Gasteiger partial charge >= 0.3 is 0 Å². The van der Waals surface area contributed by atoms with E-state index in [1.54, 1.807) is 18.2 Å². The minimum atomic E-state index is -3.77. The van der Waals surface area contributed by atoms with Gasteiger partial charge in [0.15, 0.2) is 0 Å². The third-order valence-corrected chi connectivity index (χ3v) is 9.80. The zero-order valence-electron chi connectivity index (χ0n) is 22.1. The van der Waals surface area contributed by atoms with Gasteiger partial charge in [0.25, 0.3) is 5.91 Å². The summed E-state index contributed by atoms with van der Waals surface area (Å²) in [7, 11) is -3.77. The van der Waals surface area contributed by atoms with Crippen molar-refractivity contribution in [1.29, 1.82) is 0 Å². The highest BCUT2D eigenvalue weighted by molar-refractivity contribution is 7.90. The molecular weight excluding hydrogens is 536 g/mol. The summed E-state index contributed by atoms with van der Waals surface area (Å²) in [6.07, 6.45) is 9.84. The molecule has 39 heavy (non-hydrogen) atoms. The van der Waals surface area contributed by atoms with Gasteiger partial charge in [0.2, 0.25) is 10.0 Å². The molecule has 0 unspecified atom stereocenters. The Kier molecular flexibility index (Phi) is 8.84. The van der Waals surface area contributed by atoms with E-state index in [1.165, 1.54) is 5.56 Å². The van der Waals surface area contributed by atoms with Gasteiger partial charge in [-0.1, -0.05) is 29.8 Å². The second-order valence-corrected chi connectivity index (χ2v) is 13.2. The Bertz CT molecular complexity index is 1330. The summed E-state index contributed by atoms with van der Waals surface area (Å²) < 4.78 is 33.8. The number of benzene rings is 2. The van der Waals surface area contributed by atoms with Crippen molar-refractivity contribution in [3.63, 3.8) is 0 Å². The number of allylic oxidation sites excluding steroid dienone is 1. The number of fused-ring (bicyclic) bond motifs is 3. The van der Waals surface area contributed by atoms with Crippen molar-refractivity contribution < 1.29 is 23.1 Å². The van der Waals surface area contributed by atoms with E-state index in [0.29, 0.717) is 42.6 Å². The number of nitrogens with one attached hydrogen (secondary N) is 1. The number of carbonyl (C=O) groups excluding carboxylic acids is 1. The topological polar surface area (TPSA) is 95.9 Å². The molecule has 0 spiro atoms. The van der Waals surface area contributed by atoms with Gasteiger partial charge in [-0.25, -0.2) is 13.1 Å². The number of aliphatic hydroxyl groups is 1. The first-order valence-corrected chi connectivity index (χ1v) is 16.0. The number of halogens is 1. The number of aryl methyl sites for hydroxylation is 1. The largest absolute Gasteiger partial charge is 0.487 e. The Morgan fingerprint density at radius 2 is 1.90 bits per heavy atom. The number of sulfonamides is 1. The van der Waals surface area contributed by atoms with Crippen molar-refractivity contribution in [2.75, 3.05) is 23.7 Å². The Morgan fingerprint density at radius 3 is 2.72 bits per heavy atom. The average molecular weight is 573 g/mol. The van der Waals surface area contributed by atoms with E-state index in [-0.39, 0.29) is 17.2 Å². The van der Waals surface area contributed by atoms with Crippen molar-refractivity contribution in [3.05, 3.63) is 70.3 Å². The van der Waals surface area contributed by atoms with Crippen LogP contribution < -0.4 is 14.4 Å². The number of amides is 1. The van der Waals surface area contributed by atoms with Crippen molar-refractivity contribution in [1.82, 2.24) is 4.72 Å². The van der Waals surface area contributed by atoms with Crippen LogP contribution >= 0.6 is 11.6 Å². The number of carbonyl (C=O) groups is 1. The number of ether oxygens (including phenoxy) is 1. The summed E-state index contributed by atoms with van der Waals surface area (Å²) in [5.74, 6) is 0.417. The Balaban J connectivity index is 1.51. The summed E-state index contributed by atoms with van der Waals surface area (Å²) in [5, 5.41) is 11.6. The number of hydrogen-bond donors (Lipinski definition) is 2. The normalized spacial score (nSPS) is 26.8. The molecule has 2 bridgehead atoms. The highest BCUT2D eigenvalue weighted by atomic mass is 35.5. The maximum Gasteiger partial charge on any atom is 0.264 e. The highest BCUT2D eigenvalue weighted by Gasteiger charge is 2.37. The molecule has 3 atom stereocenters. The summed E-state index contributed by atoms with van der Waals surface area (Å²) >= 11 is 6.28. The van der Waals surface area contributed by atoms with Crippen molar-refractivity contribution >= 4 is 33.2 Å². The molecule has 2 aromatic carbocycles. The Labute approximate surface area is 236 Å². The molecule has 0 saturated heterocycles. The summed E-state index contributed by atoms with van der Waals surface area (Å²) in [6.45, 7) is 1.86. The van der Waals surface area contributed by atoms with Gasteiger partial charge < -0.3 is 14.7 Å². The van der Waals surface area contributed by atoms with E-state index in [9.17, 15) is 18.3 Å². The first-order chi connectivity index (χ1) is 18.8. The predicted molar refractivity (Wildman–Crippen MR) is 154 cm³/mol. The molecular formula is C30H37ClN2O5S. The van der Waals surface area contributed by atoms with Crippen LogP contribution in [0.4, 0.5) is 5.69 Å². The van der Waals surface area contributed by atoms with E-state index in [4.69, 9.17) is 16.3 Å². The van der Waals surface area contributed by atoms with Gasteiger partial charge in [-0.15, -0.1) is 0 Å². The number of nitrogens with zero attached hydrogens (tertiary/aromatic N) is 1. The molecule has 1 amide bonds. The molecule has 1 aliphatic carbocycles. The van der Waals surface area contributed by atoms with Gasteiger partial charge in [-0.05, 0) is 105 Å². The zero-order valence-corrected chi connectivity index (χ0v) is 23.7. The molecule has 0 aromatic heterocycles. The molecule has 2 N–H and O–H groups in total. The molecule has 2 heterocycles. The molecule has 0 radical (unpaired) electrons. The van der Waals surface area contributed by atoms with E-state index in [0.717, 1.165) is 56.4 Å². The first kappa shape index (κ1) is 28.0. The van der Waals surface area contributed by atoms with Crippen LogP contribution in [0.15, 0.2) is 48.6 Å². The highest BCUT2D eigenvalue weighted by Crippen LogP contribution is 2.41. The number of aliphatic hydroxyl groups excluding tert-OH is 1. The molecule has 7 nitrogen and oxygen atoms in total. The van der Waals surface area contributed by atoms with E-state index < -0.39 is 22.0 Å². The molecule has 2 aliphatic heterocycles. The minimum Gasteiger partial charge on any atom is -0.487 e. The average Bonchev–Trinajstić information content (AvgIpc) is 2.91. The third kappa shape index (κ3) is 6.97. The van der Waals surface area contributed by atoms with Crippen molar-refractivity contribution in [2.45, 2.75) is 64.1 Å². The molecule has 3 aliphatic rings. The van der Waals surface area contributed by atoms with Crippen LogP contribution in [0.2, 0.25) is 5.02 Å². The molecule has 9 heteroatoms. The molecule has 5 rings (SSSR count). The standard InChI is InChI=1S/C30H37ClN2O5S/c31-25-12-9-24-20-38-29-14-11-22-18-27(29)33(15-5-4-7-21(24)17-25)19-23-10-13-26(23)28(34)8-3-1-2-6-16-39(36,37)32-30(22)35/h1,3,9,11-12,14,17-18,23,26,28,34H,2,4-8,10,13,15-16,19-20H2,(H,32,35)/b3-1-/t23-,26+,28-/m0/s1. The van der Waals surface area contributed by atoms with Gasteiger partial charge in [-0.3, -0.25) is 4.79 Å². The fraction of sp³-hybridized carbons (Fsp3) is 0.500. The monoisotopic (exact) mass is 572 g/mol. The van der Waals surface area contributed by atoms with Crippen LogP contribution in [0.1, 0.15) is 66.4 Å². The van der Waals surface area contributed by atoms with Crippen LogP contribution in [-0.2, 0) is 23.1 Å². The Hall–Kier alpha value is -2.55. The number of hydrogen-bond acceptors (Lipinski definition) is 6.